The second-order valence-corrected chi connectivity index (χ2v) is 10.7. The summed E-state index contributed by atoms with van der Waals surface area (Å²) >= 11 is 3.59. The molecule has 2 aliphatic carbocycles. The Hall–Kier alpha value is -3.46. The number of anilines is 1. The molecule has 3 aliphatic rings. The molecule has 9 heteroatoms. The van der Waals surface area contributed by atoms with Crippen molar-refractivity contribution in [3.8, 4) is 11.5 Å². The van der Waals surface area contributed by atoms with Gasteiger partial charge in [0.15, 0.2) is 29.7 Å². The topological polar surface area (TPSA) is 84.9 Å². The maximum Gasteiger partial charge on any atom is 0.262 e. The highest BCUT2D eigenvalue weighted by molar-refractivity contribution is 9.10. The number of ketones is 2. The van der Waals surface area contributed by atoms with Crippen molar-refractivity contribution in [2.24, 2.45) is 0 Å². The first kappa shape index (κ1) is 27.1. The summed E-state index contributed by atoms with van der Waals surface area (Å²) in [5.41, 5.74) is 4.60. The number of carbonyl (C=O) groups excluding carboxylic acids is 3. The molecule has 39 heavy (non-hydrogen) atoms. The Bertz CT molecular complexity index is 1350. The van der Waals surface area contributed by atoms with Gasteiger partial charge in [-0.1, -0.05) is 0 Å². The van der Waals surface area contributed by atoms with E-state index in [2.05, 4.69) is 26.1 Å². The van der Waals surface area contributed by atoms with Gasteiger partial charge in [0.1, 0.15) is 5.82 Å². The summed E-state index contributed by atoms with van der Waals surface area (Å²) in [6.45, 7) is 1.89. The molecule has 0 spiro atoms. The minimum absolute atomic E-state index is 0.0740. The van der Waals surface area contributed by atoms with Crippen LogP contribution < -0.4 is 14.8 Å². The molecule has 2 aromatic rings. The van der Waals surface area contributed by atoms with E-state index in [1.165, 1.54) is 24.3 Å². The van der Waals surface area contributed by atoms with Gasteiger partial charge in [-0.05, 0) is 90.5 Å². The Balaban J connectivity index is 1.49. The lowest BCUT2D eigenvalue weighted by atomic mass is 9.71. The van der Waals surface area contributed by atoms with Gasteiger partial charge in [-0.2, -0.15) is 0 Å². The fourth-order valence-corrected chi connectivity index (χ4v) is 6.29. The molecule has 1 heterocycles. The van der Waals surface area contributed by atoms with Gasteiger partial charge in [-0.3, -0.25) is 14.4 Å². The van der Waals surface area contributed by atoms with Crippen LogP contribution in [-0.2, 0) is 14.4 Å². The number of hydrogen-bond donors (Lipinski definition) is 1. The molecule has 0 fully saturated rings. The van der Waals surface area contributed by atoms with Crippen LogP contribution in [0.4, 0.5) is 10.1 Å². The van der Waals surface area contributed by atoms with E-state index in [9.17, 15) is 18.8 Å². The van der Waals surface area contributed by atoms with Gasteiger partial charge in [0.05, 0.1) is 11.1 Å². The van der Waals surface area contributed by atoms with E-state index >= 15 is 0 Å². The number of hydrogen-bond acceptors (Lipinski definition) is 6. The Morgan fingerprint density at radius 2 is 1.62 bits per heavy atom. The van der Waals surface area contributed by atoms with Crippen molar-refractivity contribution < 1.29 is 28.2 Å². The quantitative estimate of drug-likeness (QED) is 0.419. The van der Waals surface area contributed by atoms with Crippen molar-refractivity contribution in [3.05, 3.63) is 74.8 Å². The third-order valence-electron chi connectivity index (χ3n) is 7.39. The molecule has 1 N–H and O–H groups in total. The fourth-order valence-electron chi connectivity index (χ4n) is 5.71. The van der Waals surface area contributed by atoms with E-state index in [-0.39, 0.29) is 18.2 Å². The van der Waals surface area contributed by atoms with E-state index < -0.39 is 17.6 Å². The summed E-state index contributed by atoms with van der Waals surface area (Å²) in [5, 5.41) is 2.67. The second kappa shape index (κ2) is 11.3. The zero-order valence-electron chi connectivity index (χ0n) is 21.9. The maximum atomic E-state index is 13.3. The van der Waals surface area contributed by atoms with Crippen LogP contribution in [0.15, 0.2) is 63.4 Å². The molecule has 0 aromatic heterocycles. The van der Waals surface area contributed by atoms with Gasteiger partial charge in [-0.25, -0.2) is 4.39 Å². The van der Waals surface area contributed by atoms with Gasteiger partial charge in [0, 0.05) is 54.0 Å². The molecule has 0 saturated heterocycles. The van der Waals surface area contributed by atoms with E-state index in [0.717, 1.165) is 42.6 Å². The van der Waals surface area contributed by atoms with Crippen LogP contribution in [0.5, 0.6) is 11.5 Å². The monoisotopic (exact) mass is 596 g/mol. The molecule has 5 rings (SSSR count). The number of allylic oxidation sites excluding steroid dienone is 4. The summed E-state index contributed by atoms with van der Waals surface area (Å²) < 4.78 is 25.5. The standard InChI is InChI=1S/C30H30BrFN2O5/c1-3-38-25-15-17(14-20(31)30(25)39-16-26(37)33-19-12-10-18(32)11-13-19)27-28-21(6-4-8-23(28)35)34(2)22-7-5-9-24(36)29(22)27/h10-15,27H,3-9,16H2,1-2H3,(H,33,37). The second-order valence-electron chi connectivity index (χ2n) is 9.87. The van der Waals surface area contributed by atoms with Gasteiger partial charge < -0.3 is 19.7 Å². The van der Waals surface area contributed by atoms with Gasteiger partial charge in [0.2, 0.25) is 0 Å². The number of carbonyl (C=O) groups is 3. The molecule has 204 valence electrons. The molecule has 0 unspecified atom stereocenters. The van der Waals surface area contributed by atoms with Gasteiger partial charge in [-0.15, -0.1) is 0 Å². The molecular weight excluding hydrogens is 567 g/mol. The summed E-state index contributed by atoms with van der Waals surface area (Å²) in [7, 11) is 1.97. The van der Waals surface area contributed by atoms with E-state index in [1.54, 1.807) is 0 Å². The largest absolute Gasteiger partial charge is 0.490 e. The average Bonchev–Trinajstić information content (AvgIpc) is 2.91. The fraction of sp³-hybridized carbons (Fsp3) is 0.367. The first-order valence-electron chi connectivity index (χ1n) is 13.2. The predicted molar refractivity (Wildman–Crippen MR) is 148 cm³/mol. The lowest BCUT2D eigenvalue weighted by molar-refractivity contribution is -0.118. The minimum atomic E-state index is -0.474. The van der Waals surface area contributed by atoms with Crippen molar-refractivity contribution in [1.29, 1.82) is 0 Å². The number of Topliss-reactive ketones (excluding diaryl/α,β-unsaturated/α-hetero) is 2. The predicted octanol–water partition coefficient (Wildman–Crippen LogP) is 6.05. The van der Waals surface area contributed by atoms with Crippen LogP contribution in [0.1, 0.15) is 56.9 Å². The number of ether oxygens (including phenoxy) is 2. The van der Waals surface area contributed by atoms with Crippen LogP contribution in [0.25, 0.3) is 0 Å². The number of halogens is 2. The highest BCUT2D eigenvalue weighted by Gasteiger charge is 2.42. The van der Waals surface area contributed by atoms with Crippen LogP contribution >= 0.6 is 15.9 Å². The van der Waals surface area contributed by atoms with Crippen molar-refractivity contribution >= 4 is 39.1 Å². The Morgan fingerprint density at radius 1 is 1.00 bits per heavy atom. The van der Waals surface area contributed by atoms with E-state index in [1.807, 2.05) is 26.1 Å². The Morgan fingerprint density at radius 3 is 2.21 bits per heavy atom. The highest BCUT2D eigenvalue weighted by atomic mass is 79.9. The SMILES string of the molecule is CCOc1cc(C2C3=C(CCCC3=O)N(C)C3=C2C(=O)CCC3)cc(Br)c1OCC(=O)Nc1ccc(F)cc1. The molecule has 2 aromatic carbocycles. The molecule has 1 aliphatic heterocycles. The number of benzene rings is 2. The molecule has 0 saturated carbocycles. The van der Waals surface area contributed by atoms with Gasteiger partial charge >= 0.3 is 0 Å². The molecule has 7 nitrogen and oxygen atoms in total. The van der Waals surface area contributed by atoms with Crippen molar-refractivity contribution in [1.82, 2.24) is 4.90 Å². The first-order chi connectivity index (χ1) is 18.8. The Kier molecular flexibility index (Phi) is 7.88. The number of nitrogens with zero attached hydrogens (tertiary/aromatic N) is 1. The first-order valence-corrected chi connectivity index (χ1v) is 14.0. The molecule has 0 bridgehead atoms. The normalized spacial score (nSPS) is 17.7. The summed E-state index contributed by atoms with van der Waals surface area (Å²) in [5.74, 6) is -0.384. The highest BCUT2D eigenvalue weighted by Crippen LogP contribution is 2.50. The van der Waals surface area contributed by atoms with Crippen LogP contribution in [0.2, 0.25) is 0 Å². The van der Waals surface area contributed by atoms with Gasteiger partial charge in [0.25, 0.3) is 5.91 Å². The third kappa shape index (κ3) is 5.37. The van der Waals surface area contributed by atoms with Crippen LogP contribution in [0.3, 0.4) is 0 Å². The third-order valence-corrected chi connectivity index (χ3v) is 7.97. The van der Waals surface area contributed by atoms with E-state index in [0.29, 0.717) is 52.3 Å². The lowest BCUT2D eigenvalue weighted by Crippen LogP contribution is -2.37. The smallest absolute Gasteiger partial charge is 0.262 e. The number of amides is 1. The maximum absolute atomic E-state index is 13.3. The van der Waals surface area contributed by atoms with Crippen LogP contribution in [0, 0.1) is 5.82 Å². The molecule has 0 radical (unpaired) electrons. The summed E-state index contributed by atoms with van der Waals surface area (Å²) in [6.07, 6.45) is 4.11. The van der Waals surface area contributed by atoms with Crippen molar-refractivity contribution in [3.63, 3.8) is 0 Å². The number of nitrogens with one attached hydrogen (secondary N) is 1. The number of rotatable bonds is 7. The minimum Gasteiger partial charge on any atom is -0.490 e. The lowest BCUT2D eigenvalue weighted by Gasteiger charge is -2.42. The Labute approximate surface area is 235 Å². The zero-order chi connectivity index (χ0) is 27.7. The molecular formula is C30H30BrFN2O5. The van der Waals surface area contributed by atoms with Crippen molar-refractivity contribution in [2.45, 2.75) is 51.4 Å². The van der Waals surface area contributed by atoms with E-state index in [4.69, 9.17) is 9.47 Å². The summed E-state index contributed by atoms with van der Waals surface area (Å²) in [6, 6.07) is 9.13. The van der Waals surface area contributed by atoms with Crippen molar-refractivity contribution in [2.75, 3.05) is 25.6 Å². The molecule has 0 atom stereocenters. The molecule has 1 amide bonds. The van der Waals surface area contributed by atoms with Crippen LogP contribution in [-0.4, -0.2) is 42.6 Å². The average molecular weight is 597 g/mol. The summed E-state index contributed by atoms with van der Waals surface area (Å²) in [4.78, 5) is 41.2. The zero-order valence-corrected chi connectivity index (χ0v) is 23.5.